The van der Waals surface area contributed by atoms with Gasteiger partial charge < -0.3 is 10.2 Å². The number of hydrogen-bond acceptors (Lipinski definition) is 3. The van der Waals surface area contributed by atoms with Crippen LogP contribution in [0.2, 0.25) is 0 Å². The van der Waals surface area contributed by atoms with E-state index in [-0.39, 0.29) is 0 Å². The lowest BCUT2D eigenvalue weighted by molar-refractivity contribution is 0.683. The quantitative estimate of drug-likeness (QED) is 0.902. The number of para-hydroxylation sites is 1. The van der Waals surface area contributed by atoms with Gasteiger partial charge in [0.2, 0.25) is 0 Å². The average Bonchev–Trinajstić information content (AvgIpc) is 3.37. The zero-order valence-electron chi connectivity index (χ0n) is 12.0. The van der Waals surface area contributed by atoms with Crippen LogP contribution in [-0.2, 0) is 6.54 Å². The highest BCUT2D eigenvalue weighted by molar-refractivity contribution is 5.81. The number of anilines is 1. The normalized spacial score (nSPS) is 18.4. The summed E-state index contributed by atoms with van der Waals surface area (Å²) >= 11 is 0. The highest BCUT2D eigenvalue weighted by atomic mass is 15.2. The van der Waals surface area contributed by atoms with Crippen molar-refractivity contribution in [2.75, 3.05) is 11.9 Å². The van der Waals surface area contributed by atoms with Crippen molar-refractivity contribution in [3.05, 3.63) is 35.9 Å². The van der Waals surface area contributed by atoms with E-state index in [9.17, 15) is 0 Å². The summed E-state index contributed by atoms with van der Waals surface area (Å²) in [6.45, 7) is 0.939. The minimum atomic E-state index is 0.698. The van der Waals surface area contributed by atoms with Crippen LogP contribution in [0.15, 0.2) is 30.3 Å². The number of rotatable bonds is 5. The smallest absolute Gasteiger partial charge is 0.133 e. The second kappa shape index (κ2) is 4.74. The first-order chi connectivity index (χ1) is 9.81. The van der Waals surface area contributed by atoms with Crippen molar-refractivity contribution in [3.63, 3.8) is 0 Å². The number of nitrogens with one attached hydrogen (secondary N) is 1. The van der Waals surface area contributed by atoms with Gasteiger partial charge in [-0.15, -0.1) is 0 Å². The van der Waals surface area contributed by atoms with Gasteiger partial charge in [0.25, 0.3) is 0 Å². The Morgan fingerprint density at radius 2 is 2.00 bits per heavy atom. The Morgan fingerprint density at radius 1 is 1.20 bits per heavy atom. The van der Waals surface area contributed by atoms with Gasteiger partial charge in [0, 0.05) is 36.6 Å². The van der Waals surface area contributed by atoms with Crippen LogP contribution in [0.3, 0.4) is 0 Å². The van der Waals surface area contributed by atoms with Crippen LogP contribution in [0.1, 0.15) is 31.2 Å². The van der Waals surface area contributed by atoms with Crippen LogP contribution in [-0.4, -0.2) is 24.1 Å². The molecule has 0 unspecified atom stereocenters. The third-order valence-corrected chi connectivity index (χ3v) is 4.37. The molecule has 20 heavy (non-hydrogen) atoms. The Balaban J connectivity index is 1.72. The van der Waals surface area contributed by atoms with Crippen LogP contribution in [0.4, 0.5) is 5.82 Å². The molecule has 3 heteroatoms. The molecule has 2 fully saturated rings. The fourth-order valence-electron chi connectivity index (χ4n) is 2.76. The zero-order chi connectivity index (χ0) is 13.5. The third-order valence-electron chi connectivity index (χ3n) is 4.37. The van der Waals surface area contributed by atoms with Crippen LogP contribution in [0, 0.1) is 0 Å². The lowest BCUT2D eigenvalue weighted by Gasteiger charge is -2.22. The minimum Gasteiger partial charge on any atom is -0.356 e. The van der Waals surface area contributed by atoms with Crippen molar-refractivity contribution in [3.8, 4) is 0 Å². The number of nitrogens with zero attached hydrogens (tertiary/aromatic N) is 2. The van der Waals surface area contributed by atoms with Crippen molar-refractivity contribution in [1.82, 2.24) is 10.3 Å². The zero-order valence-corrected chi connectivity index (χ0v) is 12.0. The molecule has 0 aliphatic heterocycles. The summed E-state index contributed by atoms with van der Waals surface area (Å²) in [5, 5.41) is 4.87. The first-order valence-electron chi connectivity index (χ1n) is 7.66. The molecule has 0 bridgehead atoms. The molecule has 2 aliphatic rings. The van der Waals surface area contributed by atoms with Gasteiger partial charge in [-0.3, -0.25) is 0 Å². The molecule has 2 aliphatic carbocycles. The Labute approximate surface area is 120 Å². The highest BCUT2D eigenvalue weighted by Gasteiger charge is 2.29. The molecule has 0 saturated heterocycles. The molecule has 3 nitrogen and oxygen atoms in total. The highest BCUT2D eigenvalue weighted by Crippen LogP contribution is 2.33. The molecule has 4 rings (SSSR count). The predicted octanol–water partition coefficient (Wildman–Crippen LogP) is 3.09. The Bertz CT molecular complexity index is 629. The summed E-state index contributed by atoms with van der Waals surface area (Å²) < 4.78 is 0. The van der Waals surface area contributed by atoms with Crippen molar-refractivity contribution >= 4 is 16.7 Å². The third kappa shape index (κ3) is 2.38. The summed E-state index contributed by atoms with van der Waals surface area (Å²) in [5.41, 5.74) is 2.44. The average molecular weight is 267 g/mol. The van der Waals surface area contributed by atoms with Crippen LogP contribution in [0.5, 0.6) is 0 Å². The van der Waals surface area contributed by atoms with Gasteiger partial charge in [-0.2, -0.15) is 0 Å². The number of hydrogen-bond donors (Lipinski definition) is 1. The maximum atomic E-state index is 4.92. The van der Waals surface area contributed by atoms with E-state index in [2.05, 4.69) is 47.6 Å². The lowest BCUT2D eigenvalue weighted by atomic mass is 10.1. The van der Waals surface area contributed by atoms with Gasteiger partial charge in [0.1, 0.15) is 5.82 Å². The molecular formula is C17H21N3. The Hall–Kier alpha value is -1.61. The predicted molar refractivity (Wildman–Crippen MR) is 83.0 cm³/mol. The monoisotopic (exact) mass is 267 g/mol. The van der Waals surface area contributed by atoms with Gasteiger partial charge in [-0.05, 0) is 37.8 Å². The van der Waals surface area contributed by atoms with E-state index >= 15 is 0 Å². The first kappa shape index (κ1) is 12.2. The minimum absolute atomic E-state index is 0.698. The summed E-state index contributed by atoms with van der Waals surface area (Å²) in [4.78, 5) is 7.29. The number of pyridine rings is 1. The maximum Gasteiger partial charge on any atom is 0.133 e. The number of fused-ring (bicyclic) bond motifs is 1. The molecule has 1 N–H and O–H groups in total. The SMILES string of the molecule is CN(c1nc2ccccc2cc1CNC1CC1)C1CC1. The molecule has 1 aromatic carbocycles. The lowest BCUT2D eigenvalue weighted by Crippen LogP contribution is -2.24. The standard InChI is InChI=1S/C17H21N3/c1-20(15-8-9-15)17-13(11-18-14-6-7-14)10-12-4-2-3-5-16(12)19-17/h2-5,10,14-15,18H,6-9,11H2,1H3. The molecule has 0 radical (unpaired) electrons. The first-order valence-corrected chi connectivity index (χ1v) is 7.66. The van der Waals surface area contributed by atoms with E-state index in [0.717, 1.165) is 18.1 Å². The van der Waals surface area contributed by atoms with Crippen LogP contribution < -0.4 is 10.2 Å². The van der Waals surface area contributed by atoms with Gasteiger partial charge in [-0.1, -0.05) is 18.2 Å². The van der Waals surface area contributed by atoms with E-state index in [4.69, 9.17) is 4.98 Å². The number of benzene rings is 1. The summed E-state index contributed by atoms with van der Waals surface area (Å²) in [6, 6.07) is 12.2. The van der Waals surface area contributed by atoms with E-state index in [1.54, 1.807) is 0 Å². The summed E-state index contributed by atoms with van der Waals surface area (Å²) in [7, 11) is 2.19. The largest absolute Gasteiger partial charge is 0.356 e. The molecule has 2 saturated carbocycles. The summed E-state index contributed by atoms with van der Waals surface area (Å²) in [5.74, 6) is 1.17. The van der Waals surface area contributed by atoms with Crippen LogP contribution >= 0.6 is 0 Å². The van der Waals surface area contributed by atoms with E-state index in [1.807, 2.05) is 0 Å². The van der Waals surface area contributed by atoms with Gasteiger partial charge >= 0.3 is 0 Å². The molecule has 0 spiro atoms. The number of aromatic nitrogens is 1. The van der Waals surface area contributed by atoms with Crippen molar-refractivity contribution in [2.45, 2.75) is 44.3 Å². The van der Waals surface area contributed by atoms with Gasteiger partial charge in [0.05, 0.1) is 5.52 Å². The molecule has 1 aromatic heterocycles. The van der Waals surface area contributed by atoms with Crippen molar-refractivity contribution in [1.29, 1.82) is 0 Å². The molecule has 0 amide bonds. The second-order valence-corrected chi connectivity index (χ2v) is 6.16. The Morgan fingerprint density at radius 3 is 2.75 bits per heavy atom. The van der Waals surface area contributed by atoms with Gasteiger partial charge in [-0.25, -0.2) is 4.98 Å². The molecule has 1 heterocycles. The molecule has 104 valence electrons. The molecular weight excluding hydrogens is 246 g/mol. The second-order valence-electron chi connectivity index (χ2n) is 6.16. The fourth-order valence-corrected chi connectivity index (χ4v) is 2.76. The van der Waals surface area contributed by atoms with Crippen molar-refractivity contribution < 1.29 is 0 Å². The van der Waals surface area contributed by atoms with E-state index in [0.29, 0.717) is 6.04 Å². The van der Waals surface area contributed by atoms with Gasteiger partial charge in [0.15, 0.2) is 0 Å². The van der Waals surface area contributed by atoms with E-state index in [1.165, 1.54) is 42.5 Å². The molecule has 0 atom stereocenters. The summed E-state index contributed by atoms with van der Waals surface area (Å²) in [6.07, 6.45) is 5.27. The Kier molecular flexibility index (Phi) is 2.88. The maximum absolute atomic E-state index is 4.92. The molecule has 2 aromatic rings. The van der Waals surface area contributed by atoms with Crippen LogP contribution in [0.25, 0.3) is 10.9 Å². The van der Waals surface area contributed by atoms with E-state index < -0.39 is 0 Å². The fraction of sp³-hybridized carbons (Fsp3) is 0.471. The topological polar surface area (TPSA) is 28.2 Å². The van der Waals surface area contributed by atoms with Crippen molar-refractivity contribution in [2.24, 2.45) is 0 Å².